The summed E-state index contributed by atoms with van der Waals surface area (Å²) in [7, 11) is 0. The van der Waals surface area contributed by atoms with Crippen molar-refractivity contribution < 1.29 is 28.7 Å². The standard InChI is InChI=1S/C32H36N2O6/c1-19-13-23(39-17-29(35)27-9-11-31(37)33-27)14-20(2)25(19)7-5-6-8-26-21(3)15-24(16-22(26)4)40-18-30(36)28-10-12-32(38)34-28/h5-8,13-16,27-28H,9-12,17-18H2,1-4H3,(H,33,37)(H,34,38). The van der Waals surface area contributed by atoms with Crippen LogP contribution in [-0.2, 0) is 19.2 Å². The van der Waals surface area contributed by atoms with Crippen molar-refractivity contribution in [1.29, 1.82) is 0 Å². The maximum Gasteiger partial charge on any atom is 0.220 e. The van der Waals surface area contributed by atoms with Crippen molar-refractivity contribution in [3.8, 4) is 11.5 Å². The van der Waals surface area contributed by atoms with Crippen LogP contribution in [0.4, 0.5) is 0 Å². The van der Waals surface area contributed by atoms with Crippen LogP contribution in [0.5, 0.6) is 11.5 Å². The van der Waals surface area contributed by atoms with Crippen LogP contribution in [-0.4, -0.2) is 48.7 Å². The number of Topliss-reactive ketones (excluding diaryl/α,β-unsaturated/α-hetero) is 2. The highest BCUT2D eigenvalue weighted by molar-refractivity contribution is 5.93. The number of benzene rings is 2. The van der Waals surface area contributed by atoms with Gasteiger partial charge < -0.3 is 20.1 Å². The highest BCUT2D eigenvalue weighted by atomic mass is 16.5. The van der Waals surface area contributed by atoms with Gasteiger partial charge in [-0.05, 0) is 98.2 Å². The average Bonchev–Trinajstić information content (AvgIpc) is 3.54. The molecule has 2 aliphatic heterocycles. The van der Waals surface area contributed by atoms with E-state index in [0.717, 1.165) is 33.4 Å². The zero-order chi connectivity index (χ0) is 28.8. The summed E-state index contributed by atoms with van der Waals surface area (Å²) >= 11 is 0. The van der Waals surface area contributed by atoms with E-state index in [2.05, 4.69) is 10.6 Å². The van der Waals surface area contributed by atoms with Gasteiger partial charge in [-0.2, -0.15) is 0 Å². The average molecular weight is 545 g/mol. The van der Waals surface area contributed by atoms with E-state index in [9.17, 15) is 19.2 Å². The molecule has 4 rings (SSSR count). The first-order valence-corrected chi connectivity index (χ1v) is 13.6. The third-order valence-electron chi connectivity index (χ3n) is 7.30. The number of carbonyl (C=O) groups excluding carboxylic acids is 4. The van der Waals surface area contributed by atoms with Crippen LogP contribution < -0.4 is 20.1 Å². The number of carbonyl (C=O) groups is 4. The Bertz CT molecular complexity index is 1240. The minimum Gasteiger partial charge on any atom is -0.486 e. The maximum absolute atomic E-state index is 12.3. The van der Waals surface area contributed by atoms with E-state index in [1.807, 2.05) is 76.3 Å². The van der Waals surface area contributed by atoms with Gasteiger partial charge in [-0.25, -0.2) is 0 Å². The normalized spacial score (nSPS) is 18.8. The third kappa shape index (κ3) is 7.25. The molecule has 2 atom stereocenters. The number of hydrogen-bond acceptors (Lipinski definition) is 6. The molecule has 2 fully saturated rings. The molecule has 2 N–H and O–H groups in total. The highest BCUT2D eigenvalue weighted by Gasteiger charge is 2.28. The van der Waals surface area contributed by atoms with Crippen molar-refractivity contribution in [3.63, 3.8) is 0 Å². The lowest BCUT2D eigenvalue weighted by Gasteiger charge is -2.13. The Morgan fingerprint density at radius 1 is 0.700 bits per heavy atom. The second kappa shape index (κ2) is 12.8. The van der Waals surface area contributed by atoms with Gasteiger partial charge in [0.25, 0.3) is 0 Å². The van der Waals surface area contributed by atoms with Gasteiger partial charge in [0.15, 0.2) is 11.6 Å². The van der Waals surface area contributed by atoms with Gasteiger partial charge in [0.05, 0.1) is 12.1 Å². The molecule has 8 nitrogen and oxygen atoms in total. The number of rotatable bonds is 11. The largest absolute Gasteiger partial charge is 0.486 e. The van der Waals surface area contributed by atoms with Gasteiger partial charge in [-0.15, -0.1) is 0 Å². The van der Waals surface area contributed by atoms with Crippen molar-refractivity contribution in [2.45, 2.75) is 65.5 Å². The molecule has 0 bridgehead atoms. The minimum atomic E-state index is -0.448. The Balaban J connectivity index is 1.33. The summed E-state index contributed by atoms with van der Waals surface area (Å²) in [5.41, 5.74) is 6.27. The van der Waals surface area contributed by atoms with Crippen LogP contribution in [0.15, 0.2) is 36.4 Å². The second-order valence-electron chi connectivity index (χ2n) is 10.5. The Morgan fingerprint density at radius 2 is 1.05 bits per heavy atom. The van der Waals surface area contributed by atoms with Gasteiger partial charge >= 0.3 is 0 Å². The van der Waals surface area contributed by atoms with Crippen molar-refractivity contribution in [1.82, 2.24) is 10.6 Å². The van der Waals surface area contributed by atoms with Gasteiger partial charge in [0, 0.05) is 12.8 Å². The summed E-state index contributed by atoms with van der Waals surface area (Å²) in [6.45, 7) is 7.86. The zero-order valence-electron chi connectivity index (χ0n) is 23.5. The van der Waals surface area contributed by atoms with E-state index >= 15 is 0 Å². The third-order valence-corrected chi connectivity index (χ3v) is 7.30. The number of ether oxygens (including phenoxy) is 2. The van der Waals surface area contributed by atoms with Crippen LogP contribution in [0.1, 0.15) is 59.1 Å². The SMILES string of the molecule is Cc1cc(OCC(=O)C2CCC(=O)N2)cc(C)c1C=CC=Cc1c(C)cc(OCC(=O)C2CCC(=O)N2)cc1C. The molecule has 0 aromatic heterocycles. The van der Waals surface area contributed by atoms with Crippen LogP contribution >= 0.6 is 0 Å². The number of ketones is 2. The summed E-state index contributed by atoms with van der Waals surface area (Å²) < 4.78 is 11.5. The lowest BCUT2D eigenvalue weighted by molar-refractivity contribution is -0.125. The van der Waals surface area contributed by atoms with Crippen LogP contribution in [0.3, 0.4) is 0 Å². The molecule has 2 aromatic rings. The monoisotopic (exact) mass is 544 g/mol. The summed E-state index contributed by atoms with van der Waals surface area (Å²) in [6.07, 6.45) is 9.87. The Kier molecular flexibility index (Phi) is 9.19. The Hall–Kier alpha value is -4.20. The first-order valence-electron chi connectivity index (χ1n) is 13.6. The summed E-state index contributed by atoms with van der Waals surface area (Å²) in [5.74, 6) is 0.841. The first kappa shape index (κ1) is 28.8. The molecular formula is C32H36N2O6. The summed E-state index contributed by atoms with van der Waals surface area (Å²) in [5, 5.41) is 5.36. The molecule has 0 spiro atoms. The molecule has 2 amide bonds. The van der Waals surface area contributed by atoms with E-state index in [-0.39, 0.29) is 36.6 Å². The lowest BCUT2D eigenvalue weighted by Crippen LogP contribution is -2.36. The Labute approximate surface area is 234 Å². The lowest BCUT2D eigenvalue weighted by atomic mass is 10.0. The van der Waals surface area contributed by atoms with Crippen molar-refractivity contribution in [2.75, 3.05) is 13.2 Å². The van der Waals surface area contributed by atoms with Crippen molar-refractivity contribution in [3.05, 3.63) is 69.8 Å². The van der Waals surface area contributed by atoms with Gasteiger partial charge in [0.1, 0.15) is 24.7 Å². The number of hydrogen-bond donors (Lipinski definition) is 2. The topological polar surface area (TPSA) is 111 Å². The number of allylic oxidation sites excluding steroid dienone is 2. The molecule has 0 saturated carbocycles. The van der Waals surface area contributed by atoms with Gasteiger partial charge in [-0.3, -0.25) is 19.2 Å². The molecule has 2 aliphatic rings. The maximum atomic E-state index is 12.3. The molecule has 8 heteroatoms. The predicted molar refractivity (Wildman–Crippen MR) is 153 cm³/mol. The van der Waals surface area contributed by atoms with Gasteiger partial charge in [0.2, 0.25) is 11.8 Å². The molecule has 0 aliphatic carbocycles. The second-order valence-corrected chi connectivity index (χ2v) is 10.5. The molecule has 2 unspecified atom stereocenters. The molecule has 210 valence electrons. The molecular weight excluding hydrogens is 508 g/mol. The molecule has 2 aromatic carbocycles. The van der Waals surface area contributed by atoms with E-state index < -0.39 is 12.1 Å². The van der Waals surface area contributed by atoms with Crippen LogP contribution in [0, 0.1) is 27.7 Å². The predicted octanol–water partition coefficient (Wildman–Crippen LogP) is 4.10. The quantitative estimate of drug-likeness (QED) is 0.412. The van der Waals surface area contributed by atoms with E-state index in [1.165, 1.54) is 0 Å². The van der Waals surface area contributed by atoms with Gasteiger partial charge in [-0.1, -0.05) is 24.3 Å². The highest BCUT2D eigenvalue weighted by Crippen LogP contribution is 2.25. The molecule has 40 heavy (non-hydrogen) atoms. The van der Waals surface area contributed by atoms with E-state index in [0.29, 0.717) is 37.2 Å². The number of nitrogens with one attached hydrogen (secondary N) is 2. The summed E-state index contributed by atoms with van der Waals surface area (Å²) in [4.78, 5) is 47.3. The van der Waals surface area contributed by atoms with Crippen LogP contribution in [0.2, 0.25) is 0 Å². The Morgan fingerprint density at radius 3 is 1.35 bits per heavy atom. The van der Waals surface area contributed by atoms with E-state index in [1.54, 1.807) is 0 Å². The van der Waals surface area contributed by atoms with E-state index in [4.69, 9.17) is 9.47 Å². The fourth-order valence-electron chi connectivity index (χ4n) is 5.09. The molecule has 2 heterocycles. The van der Waals surface area contributed by atoms with Crippen LogP contribution in [0.25, 0.3) is 12.2 Å². The van der Waals surface area contributed by atoms with Crippen molar-refractivity contribution in [2.24, 2.45) is 0 Å². The smallest absolute Gasteiger partial charge is 0.220 e. The minimum absolute atomic E-state index is 0.0701. The van der Waals surface area contributed by atoms with Crippen molar-refractivity contribution >= 4 is 35.5 Å². The summed E-state index contributed by atoms with van der Waals surface area (Å²) in [6, 6.07) is 6.75. The zero-order valence-corrected chi connectivity index (χ0v) is 23.5. The number of aryl methyl sites for hydroxylation is 4. The number of amides is 2. The fourth-order valence-corrected chi connectivity index (χ4v) is 5.09. The fraction of sp³-hybridized carbons (Fsp3) is 0.375. The molecule has 2 saturated heterocycles. The first-order chi connectivity index (χ1) is 19.1. The molecule has 0 radical (unpaired) electrons.